The van der Waals surface area contributed by atoms with E-state index in [1.807, 2.05) is 13.8 Å². The normalized spacial score (nSPS) is 12.4. The van der Waals surface area contributed by atoms with Crippen LogP contribution in [0, 0.1) is 5.82 Å². The maximum absolute atomic E-state index is 14.8. The molecule has 0 aliphatic heterocycles. The molecule has 2 unspecified atom stereocenters. The van der Waals surface area contributed by atoms with Crippen molar-refractivity contribution < 1.29 is 41.3 Å². The minimum atomic E-state index is -4.51. The number of hydrogen-bond acceptors (Lipinski definition) is 8. The van der Waals surface area contributed by atoms with E-state index in [0.29, 0.717) is 17.9 Å². The van der Waals surface area contributed by atoms with Gasteiger partial charge in [-0.1, -0.05) is 25.1 Å². The summed E-state index contributed by atoms with van der Waals surface area (Å²) in [5, 5.41) is 2.84. The molecule has 244 valence electrons. The summed E-state index contributed by atoms with van der Waals surface area (Å²) in [6.45, 7) is 4.17. The predicted octanol–water partition coefficient (Wildman–Crippen LogP) is 4.39. The molecular formula is C32H40FN3O8S. The van der Waals surface area contributed by atoms with E-state index >= 15 is 0 Å². The van der Waals surface area contributed by atoms with E-state index in [-0.39, 0.29) is 40.2 Å². The number of sulfonamides is 1. The minimum absolute atomic E-state index is 0.00235. The second kappa shape index (κ2) is 15.5. The molecule has 45 heavy (non-hydrogen) atoms. The Kier molecular flexibility index (Phi) is 12.0. The summed E-state index contributed by atoms with van der Waals surface area (Å²) >= 11 is 0. The van der Waals surface area contributed by atoms with Gasteiger partial charge in [-0.25, -0.2) is 12.8 Å². The number of halogens is 1. The zero-order valence-corrected chi connectivity index (χ0v) is 27.3. The predicted molar refractivity (Wildman–Crippen MR) is 168 cm³/mol. The summed E-state index contributed by atoms with van der Waals surface area (Å²) in [4.78, 5) is 28.4. The Balaban J connectivity index is 2.18. The van der Waals surface area contributed by atoms with Crippen molar-refractivity contribution in [2.24, 2.45) is 0 Å². The Morgan fingerprint density at radius 2 is 1.51 bits per heavy atom. The average Bonchev–Trinajstić information content (AvgIpc) is 3.05. The fourth-order valence-corrected chi connectivity index (χ4v) is 5.90. The van der Waals surface area contributed by atoms with Gasteiger partial charge in [-0.3, -0.25) is 13.9 Å². The van der Waals surface area contributed by atoms with Crippen molar-refractivity contribution in [2.45, 2.75) is 50.7 Å². The van der Waals surface area contributed by atoms with Gasteiger partial charge < -0.3 is 29.2 Å². The minimum Gasteiger partial charge on any atom is -0.497 e. The van der Waals surface area contributed by atoms with E-state index in [1.165, 1.54) is 83.9 Å². The summed E-state index contributed by atoms with van der Waals surface area (Å²) < 4.78 is 65.8. The third kappa shape index (κ3) is 8.15. The fourth-order valence-electron chi connectivity index (χ4n) is 4.47. The lowest BCUT2D eigenvalue weighted by atomic mass is 10.1. The monoisotopic (exact) mass is 645 g/mol. The van der Waals surface area contributed by atoms with Crippen molar-refractivity contribution in [1.82, 2.24) is 10.2 Å². The van der Waals surface area contributed by atoms with Crippen LogP contribution in [0.2, 0.25) is 0 Å². The smallest absolute Gasteiger partial charge is 0.265 e. The number of ether oxygens (including phenoxy) is 4. The van der Waals surface area contributed by atoms with Gasteiger partial charge >= 0.3 is 0 Å². The van der Waals surface area contributed by atoms with Gasteiger partial charge in [0.15, 0.2) is 11.5 Å². The second-order valence-corrected chi connectivity index (χ2v) is 12.0. The van der Waals surface area contributed by atoms with Crippen molar-refractivity contribution in [3.8, 4) is 23.0 Å². The number of benzene rings is 3. The molecule has 3 aromatic rings. The van der Waals surface area contributed by atoms with Crippen LogP contribution < -0.4 is 28.6 Å². The highest BCUT2D eigenvalue weighted by molar-refractivity contribution is 7.92. The highest BCUT2D eigenvalue weighted by atomic mass is 32.2. The maximum Gasteiger partial charge on any atom is 0.265 e. The van der Waals surface area contributed by atoms with Gasteiger partial charge in [0.25, 0.3) is 10.0 Å². The first kappa shape index (κ1) is 35.0. The van der Waals surface area contributed by atoms with Crippen LogP contribution in [0.5, 0.6) is 23.0 Å². The number of nitrogens with one attached hydrogen (secondary N) is 1. The molecule has 0 heterocycles. The molecule has 0 bridgehead atoms. The zero-order valence-electron chi connectivity index (χ0n) is 26.5. The van der Waals surface area contributed by atoms with Crippen molar-refractivity contribution in [2.75, 3.05) is 39.3 Å². The Morgan fingerprint density at radius 1 is 0.867 bits per heavy atom. The van der Waals surface area contributed by atoms with Crippen LogP contribution in [0.15, 0.2) is 65.6 Å². The molecule has 2 atom stereocenters. The Labute approximate surface area is 263 Å². The van der Waals surface area contributed by atoms with E-state index in [0.717, 1.165) is 9.21 Å². The largest absolute Gasteiger partial charge is 0.497 e. The lowest BCUT2D eigenvalue weighted by molar-refractivity contribution is -0.139. The van der Waals surface area contributed by atoms with Gasteiger partial charge in [-0.05, 0) is 50.6 Å². The lowest BCUT2D eigenvalue weighted by Gasteiger charge is -2.33. The number of hydrogen-bond donors (Lipinski definition) is 1. The molecule has 3 aromatic carbocycles. The van der Waals surface area contributed by atoms with E-state index in [9.17, 15) is 22.4 Å². The maximum atomic E-state index is 14.8. The lowest BCUT2D eigenvalue weighted by Crippen LogP contribution is -2.52. The SMILES string of the molecule is CCC(C)NC(=O)C(C)N(Cc1ccccc1F)C(=O)CN(c1cc(OC)ccc1OC)S(=O)(=O)c1ccc(OC)c(OC)c1. The summed E-state index contributed by atoms with van der Waals surface area (Å²) in [5.74, 6) is -0.921. The van der Waals surface area contributed by atoms with Crippen molar-refractivity contribution in [3.63, 3.8) is 0 Å². The summed E-state index contributed by atoms with van der Waals surface area (Å²) in [6.07, 6.45) is 0.646. The molecule has 11 nitrogen and oxygen atoms in total. The topological polar surface area (TPSA) is 124 Å². The van der Waals surface area contributed by atoms with Crippen LogP contribution in [-0.4, -0.2) is 72.2 Å². The van der Waals surface area contributed by atoms with Crippen LogP contribution in [0.3, 0.4) is 0 Å². The van der Waals surface area contributed by atoms with Crippen LogP contribution >= 0.6 is 0 Å². The molecule has 1 N–H and O–H groups in total. The Bertz CT molecular complexity index is 1600. The van der Waals surface area contributed by atoms with Gasteiger partial charge in [-0.2, -0.15) is 0 Å². The number of amides is 2. The molecule has 2 amide bonds. The fraction of sp³-hybridized carbons (Fsp3) is 0.375. The van der Waals surface area contributed by atoms with Crippen LogP contribution in [-0.2, 0) is 26.2 Å². The van der Waals surface area contributed by atoms with Crippen LogP contribution in [0.4, 0.5) is 10.1 Å². The molecule has 0 aliphatic rings. The van der Waals surface area contributed by atoms with Crippen LogP contribution in [0.25, 0.3) is 0 Å². The first-order valence-corrected chi connectivity index (χ1v) is 15.7. The molecular weight excluding hydrogens is 605 g/mol. The molecule has 13 heteroatoms. The molecule has 0 aliphatic carbocycles. The molecule has 3 rings (SSSR count). The first-order valence-electron chi connectivity index (χ1n) is 14.2. The van der Waals surface area contributed by atoms with Crippen molar-refractivity contribution in [1.29, 1.82) is 0 Å². The molecule has 0 aromatic heterocycles. The molecule has 0 saturated carbocycles. The third-order valence-electron chi connectivity index (χ3n) is 7.34. The van der Waals surface area contributed by atoms with E-state index < -0.39 is 40.2 Å². The van der Waals surface area contributed by atoms with E-state index in [4.69, 9.17) is 18.9 Å². The van der Waals surface area contributed by atoms with Crippen molar-refractivity contribution in [3.05, 3.63) is 72.0 Å². The number of nitrogens with zero attached hydrogens (tertiary/aromatic N) is 2. The summed E-state index contributed by atoms with van der Waals surface area (Å²) in [7, 11) is 1.05. The Morgan fingerprint density at radius 3 is 2.11 bits per heavy atom. The molecule has 0 spiro atoms. The van der Waals surface area contributed by atoms with Crippen LogP contribution in [0.1, 0.15) is 32.8 Å². The van der Waals surface area contributed by atoms with Gasteiger partial charge in [0.2, 0.25) is 11.8 Å². The Hall–Kier alpha value is -4.52. The summed E-state index contributed by atoms with van der Waals surface area (Å²) in [5.41, 5.74) is 0.157. The van der Waals surface area contributed by atoms with E-state index in [2.05, 4.69) is 5.32 Å². The van der Waals surface area contributed by atoms with Gasteiger partial charge in [0.1, 0.15) is 29.9 Å². The molecule has 0 fully saturated rings. The zero-order chi connectivity index (χ0) is 33.3. The number of rotatable bonds is 15. The molecule has 0 saturated heterocycles. The van der Waals surface area contributed by atoms with E-state index in [1.54, 1.807) is 12.1 Å². The number of carbonyl (C=O) groups is 2. The highest BCUT2D eigenvalue weighted by Gasteiger charge is 2.35. The second-order valence-electron chi connectivity index (χ2n) is 10.2. The first-order chi connectivity index (χ1) is 21.4. The van der Waals surface area contributed by atoms with Gasteiger partial charge in [0, 0.05) is 30.3 Å². The summed E-state index contributed by atoms with van der Waals surface area (Å²) in [6, 6.07) is 13.1. The number of carbonyl (C=O) groups excluding carboxylic acids is 2. The molecule has 0 radical (unpaired) electrons. The standard InChI is InChI=1S/C32H40FN3O8S/c1-8-21(2)34-32(38)22(3)35(19-23-11-9-10-12-26(23)33)31(37)20-36(27-17-24(41-4)13-15-28(27)42-5)45(39,40)25-14-16-29(43-6)30(18-25)44-7/h9-18,21-22H,8,19-20H2,1-7H3,(H,34,38). The van der Waals surface area contributed by atoms with Gasteiger partial charge in [0.05, 0.1) is 39.0 Å². The number of methoxy groups -OCH3 is 4. The quantitative estimate of drug-likeness (QED) is 0.258. The van der Waals surface area contributed by atoms with Crippen molar-refractivity contribution >= 4 is 27.5 Å². The highest BCUT2D eigenvalue weighted by Crippen LogP contribution is 2.37. The number of anilines is 1. The van der Waals surface area contributed by atoms with Gasteiger partial charge in [-0.15, -0.1) is 0 Å². The third-order valence-corrected chi connectivity index (χ3v) is 9.10. The average molecular weight is 646 g/mol.